The molecule has 2 amide bonds. The van der Waals surface area contributed by atoms with Gasteiger partial charge in [-0.3, -0.25) is 9.59 Å². The van der Waals surface area contributed by atoms with Gasteiger partial charge in [-0.2, -0.15) is 0 Å². The Hall–Kier alpha value is -2.34. The van der Waals surface area contributed by atoms with Crippen LogP contribution < -0.4 is 10.6 Å². The molecule has 0 unspecified atom stereocenters. The Morgan fingerprint density at radius 1 is 1.36 bits per heavy atom. The SMILES string of the molecule is C[C@H](NC(=O)c1ccc(F)cc1Cl)C(=O)NCc1ccco1. The predicted octanol–water partition coefficient (Wildman–Crippen LogP) is 2.51. The van der Waals surface area contributed by atoms with Crippen LogP contribution in [0.1, 0.15) is 23.0 Å². The summed E-state index contributed by atoms with van der Waals surface area (Å²) < 4.78 is 18.0. The minimum absolute atomic E-state index is 0.0132. The number of rotatable bonds is 5. The maximum Gasteiger partial charge on any atom is 0.253 e. The molecule has 2 rings (SSSR count). The minimum Gasteiger partial charge on any atom is -0.467 e. The van der Waals surface area contributed by atoms with Crippen LogP contribution in [0.3, 0.4) is 0 Å². The van der Waals surface area contributed by atoms with Gasteiger partial charge in [0.2, 0.25) is 5.91 Å². The van der Waals surface area contributed by atoms with Gasteiger partial charge in [0.15, 0.2) is 0 Å². The molecule has 1 aromatic carbocycles. The first-order valence-corrected chi connectivity index (χ1v) is 6.91. The highest BCUT2D eigenvalue weighted by Crippen LogP contribution is 2.17. The molecule has 1 heterocycles. The van der Waals surface area contributed by atoms with E-state index in [2.05, 4.69) is 10.6 Å². The van der Waals surface area contributed by atoms with E-state index < -0.39 is 17.8 Å². The minimum atomic E-state index is -0.774. The zero-order valence-corrected chi connectivity index (χ0v) is 12.5. The maximum absolute atomic E-state index is 12.9. The lowest BCUT2D eigenvalue weighted by Gasteiger charge is -2.14. The molecular formula is C15H14ClFN2O3. The van der Waals surface area contributed by atoms with Gasteiger partial charge in [-0.15, -0.1) is 0 Å². The summed E-state index contributed by atoms with van der Waals surface area (Å²) in [6, 6.07) is 6.09. The first kappa shape index (κ1) is 16.0. The van der Waals surface area contributed by atoms with Crippen molar-refractivity contribution in [1.82, 2.24) is 10.6 Å². The van der Waals surface area contributed by atoms with Crippen molar-refractivity contribution in [3.8, 4) is 0 Å². The Morgan fingerprint density at radius 3 is 2.77 bits per heavy atom. The lowest BCUT2D eigenvalue weighted by Crippen LogP contribution is -2.44. The molecule has 0 bridgehead atoms. The summed E-state index contributed by atoms with van der Waals surface area (Å²) in [6.45, 7) is 1.76. The predicted molar refractivity (Wildman–Crippen MR) is 78.9 cm³/mol. The average molecular weight is 325 g/mol. The van der Waals surface area contributed by atoms with Gasteiger partial charge >= 0.3 is 0 Å². The number of halogens is 2. The Bertz CT molecular complexity index is 673. The van der Waals surface area contributed by atoms with Crippen molar-refractivity contribution in [1.29, 1.82) is 0 Å². The highest BCUT2D eigenvalue weighted by Gasteiger charge is 2.18. The standard InChI is InChI=1S/C15H14ClFN2O3/c1-9(14(20)18-8-11-3-2-6-22-11)19-15(21)12-5-4-10(17)7-13(12)16/h2-7,9H,8H2,1H3,(H,18,20)(H,19,21)/t9-/m0/s1. The molecule has 0 aliphatic carbocycles. The highest BCUT2D eigenvalue weighted by molar-refractivity contribution is 6.33. The number of amides is 2. The number of furan rings is 1. The van der Waals surface area contributed by atoms with Crippen molar-refractivity contribution in [3.63, 3.8) is 0 Å². The van der Waals surface area contributed by atoms with Crippen molar-refractivity contribution < 1.29 is 18.4 Å². The Labute approximate surface area is 131 Å². The fourth-order valence-electron chi connectivity index (χ4n) is 1.75. The second-order valence-corrected chi connectivity index (χ2v) is 5.02. The second kappa shape index (κ2) is 7.09. The molecule has 2 N–H and O–H groups in total. The van der Waals surface area contributed by atoms with Crippen LogP contribution in [0.5, 0.6) is 0 Å². The molecule has 1 aromatic heterocycles. The van der Waals surface area contributed by atoms with Gasteiger partial charge in [0, 0.05) is 0 Å². The molecule has 2 aromatic rings. The summed E-state index contributed by atoms with van der Waals surface area (Å²) >= 11 is 5.80. The highest BCUT2D eigenvalue weighted by atomic mass is 35.5. The summed E-state index contributed by atoms with van der Waals surface area (Å²) in [7, 11) is 0. The number of carbonyl (C=O) groups excluding carboxylic acids is 2. The molecule has 0 radical (unpaired) electrons. The van der Waals surface area contributed by atoms with E-state index in [-0.39, 0.29) is 23.0 Å². The number of carbonyl (C=O) groups is 2. The number of benzene rings is 1. The average Bonchev–Trinajstić information content (AvgIpc) is 2.97. The first-order valence-electron chi connectivity index (χ1n) is 6.53. The van der Waals surface area contributed by atoms with Crippen LogP contribution in [0.4, 0.5) is 4.39 Å². The normalized spacial score (nSPS) is 11.8. The summed E-state index contributed by atoms with van der Waals surface area (Å²) in [5, 5.41) is 5.11. The molecule has 0 fully saturated rings. The molecule has 0 aliphatic rings. The molecule has 22 heavy (non-hydrogen) atoms. The van der Waals surface area contributed by atoms with Crippen LogP contribution in [-0.4, -0.2) is 17.9 Å². The molecule has 7 heteroatoms. The summed E-state index contributed by atoms with van der Waals surface area (Å²) in [6.07, 6.45) is 1.50. The largest absolute Gasteiger partial charge is 0.467 e. The molecule has 5 nitrogen and oxygen atoms in total. The topological polar surface area (TPSA) is 71.3 Å². The van der Waals surface area contributed by atoms with Crippen molar-refractivity contribution >= 4 is 23.4 Å². The third-order valence-electron chi connectivity index (χ3n) is 2.93. The first-order chi connectivity index (χ1) is 10.5. The van der Waals surface area contributed by atoms with Crippen molar-refractivity contribution in [3.05, 3.63) is 58.8 Å². The molecule has 0 aliphatic heterocycles. The van der Waals surface area contributed by atoms with Gasteiger partial charge < -0.3 is 15.1 Å². The van der Waals surface area contributed by atoms with E-state index in [0.717, 1.165) is 12.1 Å². The zero-order chi connectivity index (χ0) is 16.1. The monoisotopic (exact) mass is 324 g/mol. The fraction of sp³-hybridized carbons (Fsp3) is 0.200. The van der Waals surface area contributed by atoms with Crippen LogP contribution >= 0.6 is 11.6 Å². The number of hydrogen-bond donors (Lipinski definition) is 2. The van der Waals surface area contributed by atoms with Crippen LogP contribution in [0, 0.1) is 5.82 Å². The van der Waals surface area contributed by atoms with Crippen LogP contribution in [0.2, 0.25) is 5.02 Å². The van der Waals surface area contributed by atoms with Gasteiger partial charge in [0.25, 0.3) is 5.91 Å². The molecule has 1 atom stereocenters. The quantitative estimate of drug-likeness (QED) is 0.887. The van der Waals surface area contributed by atoms with E-state index in [4.69, 9.17) is 16.0 Å². The molecule has 116 valence electrons. The maximum atomic E-state index is 12.9. The van der Waals surface area contributed by atoms with Gasteiger partial charge in [-0.1, -0.05) is 11.6 Å². The fourth-order valence-corrected chi connectivity index (χ4v) is 2.01. The Balaban J connectivity index is 1.91. The van der Waals surface area contributed by atoms with E-state index in [9.17, 15) is 14.0 Å². The van der Waals surface area contributed by atoms with Crippen molar-refractivity contribution in [2.24, 2.45) is 0 Å². The van der Waals surface area contributed by atoms with Crippen molar-refractivity contribution in [2.45, 2.75) is 19.5 Å². The Morgan fingerprint density at radius 2 is 2.14 bits per heavy atom. The van der Waals surface area contributed by atoms with Crippen LogP contribution in [0.25, 0.3) is 0 Å². The smallest absolute Gasteiger partial charge is 0.253 e. The Kier molecular flexibility index (Phi) is 5.16. The molecule has 0 saturated carbocycles. The third kappa shape index (κ3) is 4.08. The van der Waals surface area contributed by atoms with Gasteiger partial charge in [-0.05, 0) is 37.3 Å². The van der Waals surface area contributed by atoms with Gasteiger partial charge in [0.05, 0.1) is 23.4 Å². The number of nitrogens with one attached hydrogen (secondary N) is 2. The van der Waals surface area contributed by atoms with E-state index in [1.54, 1.807) is 12.1 Å². The van der Waals surface area contributed by atoms with Crippen molar-refractivity contribution in [2.75, 3.05) is 0 Å². The van der Waals surface area contributed by atoms with E-state index in [1.165, 1.54) is 19.3 Å². The third-order valence-corrected chi connectivity index (χ3v) is 3.25. The van der Waals surface area contributed by atoms with Gasteiger partial charge in [0.1, 0.15) is 17.6 Å². The van der Waals surface area contributed by atoms with E-state index >= 15 is 0 Å². The van der Waals surface area contributed by atoms with Crippen LogP contribution in [-0.2, 0) is 11.3 Å². The second-order valence-electron chi connectivity index (χ2n) is 4.62. The lowest BCUT2D eigenvalue weighted by molar-refractivity contribution is -0.122. The zero-order valence-electron chi connectivity index (χ0n) is 11.7. The van der Waals surface area contributed by atoms with E-state index in [1.807, 2.05) is 0 Å². The van der Waals surface area contributed by atoms with Gasteiger partial charge in [-0.25, -0.2) is 4.39 Å². The van der Waals surface area contributed by atoms with E-state index in [0.29, 0.717) is 5.76 Å². The van der Waals surface area contributed by atoms with Crippen LogP contribution in [0.15, 0.2) is 41.0 Å². The summed E-state index contributed by atoms with van der Waals surface area (Å²) in [4.78, 5) is 23.9. The molecule has 0 spiro atoms. The number of hydrogen-bond acceptors (Lipinski definition) is 3. The lowest BCUT2D eigenvalue weighted by atomic mass is 10.2. The molecular weight excluding hydrogens is 311 g/mol. The summed E-state index contributed by atoms with van der Waals surface area (Å²) in [5.41, 5.74) is 0.105. The molecule has 0 saturated heterocycles. The summed E-state index contributed by atoms with van der Waals surface area (Å²) in [5.74, 6) is -0.854.